The second kappa shape index (κ2) is 6.73. The lowest BCUT2D eigenvalue weighted by molar-refractivity contribution is -0.176. The van der Waals surface area contributed by atoms with E-state index < -0.39 is 15.6 Å². The molecule has 0 heterocycles. The van der Waals surface area contributed by atoms with E-state index in [2.05, 4.69) is 4.18 Å². The molecular formula is C10H13F3O5S. The minimum Gasteiger partial charge on any atom is -0.376 e. The Morgan fingerprint density at radius 2 is 1.74 bits per heavy atom. The SMILES string of the molecule is CC(C)c1cccc(OS(=O)(=O)C(F)(F)F)c1.OO. The van der Waals surface area contributed by atoms with E-state index in [-0.39, 0.29) is 11.7 Å². The summed E-state index contributed by atoms with van der Waals surface area (Å²) in [7, 11) is -5.59. The summed E-state index contributed by atoms with van der Waals surface area (Å²) in [5.74, 6) is -0.277. The molecule has 5 nitrogen and oxygen atoms in total. The van der Waals surface area contributed by atoms with Crippen LogP contribution in [0.4, 0.5) is 13.2 Å². The Bertz CT molecular complexity index is 496. The number of hydrogen-bond donors (Lipinski definition) is 2. The van der Waals surface area contributed by atoms with Crippen molar-refractivity contribution in [1.29, 1.82) is 0 Å². The van der Waals surface area contributed by atoms with Gasteiger partial charge in [0.2, 0.25) is 0 Å². The molecule has 0 saturated carbocycles. The molecule has 1 aromatic carbocycles. The van der Waals surface area contributed by atoms with E-state index in [1.165, 1.54) is 12.1 Å². The number of hydrogen-bond acceptors (Lipinski definition) is 5. The predicted molar refractivity (Wildman–Crippen MR) is 61.4 cm³/mol. The monoisotopic (exact) mass is 302 g/mol. The Labute approximate surface area is 108 Å². The van der Waals surface area contributed by atoms with Crippen LogP contribution in [0.5, 0.6) is 5.75 Å². The molecule has 0 spiro atoms. The number of alkyl halides is 3. The van der Waals surface area contributed by atoms with Crippen molar-refractivity contribution < 1.29 is 36.3 Å². The van der Waals surface area contributed by atoms with E-state index in [4.69, 9.17) is 10.5 Å². The molecule has 0 radical (unpaired) electrons. The van der Waals surface area contributed by atoms with Crippen LogP contribution >= 0.6 is 0 Å². The van der Waals surface area contributed by atoms with Crippen LogP contribution in [0.1, 0.15) is 25.3 Å². The summed E-state index contributed by atoms with van der Waals surface area (Å²) in [5, 5.41) is 12.0. The molecule has 1 rings (SSSR count). The highest BCUT2D eigenvalue weighted by molar-refractivity contribution is 7.87. The van der Waals surface area contributed by atoms with Crippen LogP contribution in [0.3, 0.4) is 0 Å². The van der Waals surface area contributed by atoms with Gasteiger partial charge in [0.05, 0.1) is 0 Å². The third kappa shape index (κ3) is 5.05. The molecule has 0 amide bonds. The highest BCUT2D eigenvalue weighted by Gasteiger charge is 2.48. The van der Waals surface area contributed by atoms with E-state index in [0.717, 1.165) is 6.07 Å². The molecule has 0 saturated heterocycles. The molecule has 0 aliphatic heterocycles. The Kier molecular flexibility index (Phi) is 6.27. The first-order valence-electron chi connectivity index (χ1n) is 4.94. The van der Waals surface area contributed by atoms with Crippen molar-refractivity contribution in [2.24, 2.45) is 0 Å². The molecule has 0 atom stereocenters. The first kappa shape index (κ1) is 17.7. The number of rotatable bonds is 3. The number of benzene rings is 1. The van der Waals surface area contributed by atoms with Crippen molar-refractivity contribution in [1.82, 2.24) is 0 Å². The van der Waals surface area contributed by atoms with Gasteiger partial charge in [-0.2, -0.15) is 21.6 Å². The van der Waals surface area contributed by atoms with Crippen LogP contribution in [0.2, 0.25) is 0 Å². The fourth-order valence-corrected chi connectivity index (χ4v) is 1.55. The predicted octanol–water partition coefficient (Wildman–Crippen LogP) is 3.06. The van der Waals surface area contributed by atoms with Gasteiger partial charge in [-0.1, -0.05) is 26.0 Å². The summed E-state index contributed by atoms with van der Waals surface area (Å²) in [6.07, 6.45) is 0. The first-order valence-corrected chi connectivity index (χ1v) is 6.35. The lowest BCUT2D eigenvalue weighted by atomic mass is 10.0. The molecular weight excluding hydrogens is 289 g/mol. The minimum atomic E-state index is -5.59. The van der Waals surface area contributed by atoms with Gasteiger partial charge in [0.25, 0.3) is 0 Å². The fraction of sp³-hybridized carbons (Fsp3) is 0.400. The van der Waals surface area contributed by atoms with Crippen LogP contribution in [0, 0.1) is 0 Å². The van der Waals surface area contributed by atoms with Crippen molar-refractivity contribution in [2.75, 3.05) is 0 Å². The fourth-order valence-electron chi connectivity index (χ4n) is 1.10. The maximum atomic E-state index is 12.1. The largest absolute Gasteiger partial charge is 0.534 e. The van der Waals surface area contributed by atoms with Crippen LogP contribution in [0.25, 0.3) is 0 Å². The third-order valence-electron chi connectivity index (χ3n) is 2.01. The van der Waals surface area contributed by atoms with E-state index in [9.17, 15) is 21.6 Å². The molecule has 0 aliphatic carbocycles. The Morgan fingerprint density at radius 3 is 2.16 bits per heavy atom. The molecule has 0 aromatic heterocycles. The first-order chi connectivity index (χ1) is 8.63. The zero-order valence-corrected chi connectivity index (χ0v) is 10.9. The zero-order valence-electron chi connectivity index (χ0n) is 10.0. The molecule has 1 aromatic rings. The van der Waals surface area contributed by atoms with Gasteiger partial charge in [-0.15, -0.1) is 0 Å². The Morgan fingerprint density at radius 1 is 1.21 bits per heavy atom. The summed E-state index contributed by atoms with van der Waals surface area (Å²) in [4.78, 5) is 0. The van der Waals surface area contributed by atoms with E-state index in [1.54, 1.807) is 6.07 Å². The van der Waals surface area contributed by atoms with E-state index in [0.29, 0.717) is 5.56 Å². The van der Waals surface area contributed by atoms with E-state index in [1.807, 2.05) is 13.8 Å². The van der Waals surface area contributed by atoms with Crippen LogP contribution < -0.4 is 4.18 Å². The van der Waals surface area contributed by atoms with Gasteiger partial charge in [-0.05, 0) is 23.6 Å². The van der Waals surface area contributed by atoms with Crippen molar-refractivity contribution >= 4 is 10.1 Å². The van der Waals surface area contributed by atoms with Crippen molar-refractivity contribution in [3.8, 4) is 5.75 Å². The normalized spacial score (nSPS) is 11.8. The minimum absolute atomic E-state index is 0.0622. The topological polar surface area (TPSA) is 83.8 Å². The van der Waals surface area contributed by atoms with Crippen molar-refractivity contribution in [3.05, 3.63) is 29.8 Å². The van der Waals surface area contributed by atoms with Crippen LogP contribution in [-0.4, -0.2) is 24.4 Å². The van der Waals surface area contributed by atoms with Gasteiger partial charge in [0.1, 0.15) is 5.75 Å². The molecule has 19 heavy (non-hydrogen) atoms. The van der Waals surface area contributed by atoms with E-state index >= 15 is 0 Å². The lowest BCUT2D eigenvalue weighted by Crippen LogP contribution is -2.28. The van der Waals surface area contributed by atoms with Crippen molar-refractivity contribution in [3.63, 3.8) is 0 Å². The summed E-state index contributed by atoms with van der Waals surface area (Å²) >= 11 is 0. The standard InChI is InChI=1S/C10H11F3O3S.H2O2/c1-7(2)8-4-3-5-9(6-8)16-17(14,15)10(11,12)13;1-2/h3-7H,1-2H3;1-2H. The Balaban J connectivity index is 0.00000154. The molecule has 110 valence electrons. The Hall–Kier alpha value is -1.32. The maximum Gasteiger partial charge on any atom is 0.534 e. The van der Waals surface area contributed by atoms with Gasteiger partial charge in [0.15, 0.2) is 0 Å². The summed E-state index contributed by atoms with van der Waals surface area (Å²) in [5.41, 5.74) is -4.72. The van der Waals surface area contributed by atoms with Gasteiger partial charge in [-0.3, -0.25) is 10.5 Å². The van der Waals surface area contributed by atoms with Crippen LogP contribution in [-0.2, 0) is 10.1 Å². The lowest BCUT2D eigenvalue weighted by Gasteiger charge is -2.11. The summed E-state index contributed by atoms with van der Waals surface area (Å²) < 4.78 is 61.7. The maximum absolute atomic E-state index is 12.1. The molecule has 0 unspecified atom stereocenters. The number of halogens is 3. The summed E-state index contributed by atoms with van der Waals surface area (Å²) in [6, 6.07) is 5.55. The van der Waals surface area contributed by atoms with Crippen LogP contribution in [0.15, 0.2) is 24.3 Å². The molecule has 0 aliphatic rings. The summed E-state index contributed by atoms with van der Waals surface area (Å²) in [6.45, 7) is 3.66. The van der Waals surface area contributed by atoms with Crippen molar-refractivity contribution in [2.45, 2.75) is 25.3 Å². The second-order valence-corrected chi connectivity index (χ2v) is 5.25. The van der Waals surface area contributed by atoms with Gasteiger partial charge >= 0.3 is 15.6 Å². The second-order valence-electron chi connectivity index (χ2n) is 3.71. The van der Waals surface area contributed by atoms with Gasteiger partial charge in [-0.25, -0.2) is 0 Å². The smallest absolute Gasteiger partial charge is 0.376 e. The van der Waals surface area contributed by atoms with Gasteiger partial charge in [0, 0.05) is 0 Å². The molecule has 9 heteroatoms. The highest BCUT2D eigenvalue weighted by Crippen LogP contribution is 2.28. The third-order valence-corrected chi connectivity index (χ3v) is 2.99. The quantitative estimate of drug-likeness (QED) is 0.388. The molecule has 0 fully saturated rings. The highest BCUT2D eigenvalue weighted by atomic mass is 32.2. The average Bonchev–Trinajstić information content (AvgIpc) is 2.30. The zero-order chi connectivity index (χ0) is 15.3. The van der Waals surface area contributed by atoms with Gasteiger partial charge < -0.3 is 4.18 Å². The average molecular weight is 302 g/mol. The molecule has 2 N–H and O–H groups in total. The molecule has 0 bridgehead atoms.